The lowest BCUT2D eigenvalue weighted by atomic mass is 10.1. The predicted molar refractivity (Wildman–Crippen MR) is 183 cm³/mol. The van der Waals surface area contributed by atoms with Crippen molar-refractivity contribution in [2.24, 2.45) is 16.8 Å². The fraction of sp³-hybridized carbons (Fsp3) is 0.333. The molecule has 8 N–H and O–H groups in total. The van der Waals surface area contributed by atoms with E-state index in [4.69, 9.17) is 28.0 Å². The molecule has 4 rings (SSSR count). The molecule has 2 bridgehead atoms. The summed E-state index contributed by atoms with van der Waals surface area (Å²) >= 11 is 5.10. The number of aromatic amines is 1. The number of anilines is 3. The van der Waals surface area contributed by atoms with Crippen LogP contribution in [0.1, 0.15) is 49.5 Å². The molecule has 1 aliphatic rings. The van der Waals surface area contributed by atoms with Crippen LogP contribution in [0.2, 0.25) is 5.02 Å². The Labute approximate surface area is 275 Å². The first kappa shape index (κ1) is 36.0. The maximum absolute atomic E-state index is 13.1. The number of aromatic nitrogens is 2. The Morgan fingerprint density at radius 1 is 1.17 bits per heavy atom. The number of hydrazine groups is 1. The molecule has 248 valence electrons. The molecule has 1 aliphatic heterocycles. The topological polar surface area (TPSA) is 202 Å². The lowest BCUT2D eigenvalue weighted by molar-refractivity contribution is -0.117. The molecule has 1 unspecified atom stereocenters. The molecule has 1 aromatic heterocycles. The quantitative estimate of drug-likeness (QED) is 0.0673. The van der Waals surface area contributed by atoms with Crippen LogP contribution in [0.15, 0.2) is 53.8 Å². The van der Waals surface area contributed by atoms with Crippen molar-refractivity contribution in [2.45, 2.75) is 38.1 Å². The van der Waals surface area contributed by atoms with Gasteiger partial charge in [0.1, 0.15) is 12.2 Å². The van der Waals surface area contributed by atoms with Crippen LogP contribution in [0.5, 0.6) is 0 Å². The molecule has 0 spiro atoms. The van der Waals surface area contributed by atoms with E-state index < -0.39 is 17.2 Å². The smallest absolute Gasteiger partial charge is 0.411 e. The molecule has 0 saturated heterocycles. The van der Waals surface area contributed by atoms with Gasteiger partial charge in [-0.3, -0.25) is 19.3 Å². The molecule has 2 aromatic carbocycles. The van der Waals surface area contributed by atoms with Crippen LogP contribution in [-0.2, 0) is 24.8 Å². The number of benzene rings is 2. The molecular weight excluding hydrogens is 634 g/mol. The number of rotatable bonds is 7. The van der Waals surface area contributed by atoms with E-state index in [1.54, 1.807) is 36.5 Å². The zero-order chi connectivity index (χ0) is 33.5. The van der Waals surface area contributed by atoms with Crippen molar-refractivity contribution in [3.63, 3.8) is 0 Å². The van der Waals surface area contributed by atoms with Gasteiger partial charge in [-0.15, -0.1) is 0 Å². The van der Waals surface area contributed by atoms with E-state index in [1.807, 2.05) is 12.1 Å². The minimum Gasteiger partial charge on any atom is -0.453 e. The van der Waals surface area contributed by atoms with Crippen LogP contribution >= 0.6 is 11.6 Å². The van der Waals surface area contributed by atoms with E-state index in [-0.39, 0.29) is 11.9 Å². The minimum absolute atomic E-state index is 0.292. The Hall–Kier alpha value is -4.44. The number of hydrazone groups is 1. The van der Waals surface area contributed by atoms with E-state index in [2.05, 4.69) is 35.2 Å². The van der Waals surface area contributed by atoms with Crippen LogP contribution in [0.4, 0.5) is 21.9 Å². The summed E-state index contributed by atoms with van der Waals surface area (Å²) in [4.78, 5) is 32.8. The molecule has 0 fully saturated rings. The first-order valence-corrected chi connectivity index (χ1v) is 16.2. The summed E-state index contributed by atoms with van der Waals surface area (Å²) in [5.41, 5.74) is 4.33. The molecular formula is C30H40ClN9O5S. The van der Waals surface area contributed by atoms with Gasteiger partial charge < -0.3 is 26.2 Å². The third kappa shape index (κ3) is 11.2. The number of H-pyrrole nitrogens is 1. The van der Waals surface area contributed by atoms with Crippen molar-refractivity contribution < 1.29 is 22.7 Å². The SMILES string of the molecule is COC(=O)Nc1ccc2c(c1)NCCCCCC[C@H](NC(=O)/C=C/c1cc(Cl)ccc1N(N)/C=N\N)c1ncc-2[nH]1.COS(C)=O. The highest BCUT2D eigenvalue weighted by Gasteiger charge is 2.19. The maximum Gasteiger partial charge on any atom is 0.411 e. The Balaban J connectivity index is 0.00000107. The highest BCUT2D eigenvalue weighted by molar-refractivity contribution is 7.79. The van der Waals surface area contributed by atoms with E-state index >= 15 is 0 Å². The summed E-state index contributed by atoms with van der Waals surface area (Å²) in [7, 11) is 2.72. The van der Waals surface area contributed by atoms with Gasteiger partial charge in [0.05, 0.1) is 37.8 Å². The summed E-state index contributed by atoms with van der Waals surface area (Å²) < 4.78 is 18.6. The second kappa shape index (κ2) is 18.5. The van der Waals surface area contributed by atoms with Gasteiger partial charge in [-0.25, -0.2) is 19.8 Å². The van der Waals surface area contributed by atoms with Gasteiger partial charge in [-0.05, 0) is 55.3 Å². The van der Waals surface area contributed by atoms with Crippen molar-refractivity contribution in [1.29, 1.82) is 0 Å². The van der Waals surface area contributed by atoms with E-state index in [9.17, 15) is 13.8 Å². The van der Waals surface area contributed by atoms with Gasteiger partial charge in [-0.2, -0.15) is 5.10 Å². The van der Waals surface area contributed by atoms with Gasteiger partial charge >= 0.3 is 6.09 Å². The second-order valence-electron chi connectivity index (χ2n) is 10.0. The molecule has 46 heavy (non-hydrogen) atoms. The number of carbonyl (C=O) groups is 2. The number of nitrogens with one attached hydrogen (secondary N) is 4. The third-order valence-electron chi connectivity index (χ3n) is 6.83. The first-order valence-electron chi connectivity index (χ1n) is 14.4. The van der Waals surface area contributed by atoms with Gasteiger partial charge in [0.2, 0.25) is 5.91 Å². The summed E-state index contributed by atoms with van der Waals surface area (Å²) in [5.74, 6) is 11.6. The van der Waals surface area contributed by atoms with Crippen molar-refractivity contribution in [2.75, 3.05) is 42.7 Å². The average molecular weight is 674 g/mol. The van der Waals surface area contributed by atoms with Crippen molar-refractivity contribution in [3.05, 3.63) is 65.1 Å². The monoisotopic (exact) mass is 673 g/mol. The number of methoxy groups -OCH3 is 1. The molecule has 0 aliphatic carbocycles. The molecule has 3 aromatic rings. The number of nitrogens with zero attached hydrogens (tertiary/aromatic N) is 3. The zero-order valence-corrected chi connectivity index (χ0v) is 27.5. The number of ether oxygens (including phenoxy) is 1. The van der Waals surface area contributed by atoms with E-state index in [0.717, 1.165) is 55.6 Å². The fourth-order valence-corrected chi connectivity index (χ4v) is 4.74. The van der Waals surface area contributed by atoms with Crippen LogP contribution < -0.4 is 32.6 Å². The van der Waals surface area contributed by atoms with Crippen LogP contribution in [-0.4, -0.2) is 59.5 Å². The Bertz CT molecular complexity index is 1550. The standard InChI is InChI=1S/C28H34ClN9O3.C2H6O2S/c1-41-28(40)35-20-9-10-21-23(15-20)32-13-5-3-2-4-6-22(27-33-16-24(21)37-27)36-26(39)12-7-18-14-19(29)8-11-25(18)38(31)17-34-30;1-4-5(2)3/h7-12,14-17,22,32H,2-6,13,30-31H2,1H3,(H,33,37)(H,35,40)(H,36,39);1-2H3/b12-7+,34-17-;/t22-;/m0./s1. The van der Waals surface area contributed by atoms with Crippen LogP contribution in [0.3, 0.4) is 0 Å². The van der Waals surface area contributed by atoms with Crippen molar-refractivity contribution >= 4 is 64.2 Å². The largest absolute Gasteiger partial charge is 0.453 e. The fourth-order valence-electron chi connectivity index (χ4n) is 4.56. The number of hydrogen-bond donors (Lipinski definition) is 6. The molecule has 2 amide bonds. The van der Waals surface area contributed by atoms with Gasteiger partial charge in [0, 0.05) is 46.4 Å². The zero-order valence-electron chi connectivity index (χ0n) is 25.9. The van der Waals surface area contributed by atoms with Crippen LogP contribution in [0, 0.1) is 0 Å². The Kier molecular flexibility index (Phi) is 14.5. The summed E-state index contributed by atoms with van der Waals surface area (Å²) in [6.45, 7) is 0.781. The molecule has 14 nitrogen and oxygen atoms in total. The number of carbonyl (C=O) groups excluding carboxylic acids is 2. The Morgan fingerprint density at radius 3 is 2.65 bits per heavy atom. The van der Waals surface area contributed by atoms with E-state index in [0.29, 0.717) is 27.8 Å². The second-order valence-corrected chi connectivity index (χ2v) is 11.6. The molecule has 0 radical (unpaired) electrons. The third-order valence-corrected chi connectivity index (χ3v) is 7.53. The van der Waals surface area contributed by atoms with Gasteiger partial charge in [-0.1, -0.05) is 30.9 Å². The van der Waals surface area contributed by atoms with E-state index in [1.165, 1.54) is 37.9 Å². The normalized spacial score (nSPS) is 15.5. The molecule has 16 heteroatoms. The molecule has 2 atom stereocenters. The molecule has 0 saturated carbocycles. The number of nitrogens with two attached hydrogens (primary N) is 2. The molecule has 2 heterocycles. The number of fused-ring (bicyclic) bond motifs is 4. The first-order chi connectivity index (χ1) is 22.1. The number of amides is 2. The average Bonchev–Trinajstić information content (AvgIpc) is 3.53. The number of imidazole rings is 1. The lowest BCUT2D eigenvalue weighted by Gasteiger charge is -2.17. The summed E-state index contributed by atoms with van der Waals surface area (Å²) in [6, 6.07) is 10.3. The summed E-state index contributed by atoms with van der Waals surface area (Å²) in [5, 5.41) is 14.4. The van der Waals surface area contributed by atoms with Crippen LogP contribution in [0.25, 0.3) is 17.3 Å². The minimum atomic E-state index is -1.07. The van der Waals surface area contributed by atoms with Crippen molar-refractivity contribution in [3.8, 4) is 11.3 Å². The van der Waals surface area contributed by atoms with Gasteiger partial charge in [0.15, 0.2) is 11.1 Å². The highest BCUT2D eigenvalue weighted by Crippen LogP contribution is 2.32. The number of halogens is 1. The maximum atomic E-state index is 13.1. The van der Waals surface area contributed by atoms with Gasteiger partial charge in [0.25, 0.3) is 0 Å². The predicted octanol–water partition coefficient (Wildman–Crippen LogP) is 4.66. The number of hydrogen-bond acceptors (Lipinski definition) is 10. The Morgan fingerprint density at radius 2 is 1.93 bits per heavy atom. The highest BCUT2D eigenvalue weighted by atomic mass is 35.5. The van der Waals surface area contributed by atoms with Crippen molar-refractivity contribution in [1.82, 2.24) is 15.3 Å². The lowest BCUT2D eigenvalue weighted by Crippen LogP contribution is -2.30. The summed E-state index contributed by atoms with van der Waals surface area (Å²) in [6.07, 6.45) is 11.7.